The lowest BCUT2D eigenvalue weighted by atomic mass is 9.76. The van der Waals surface area contributed by atoms with E-state index in [1.807, 2.05) is 54.6 Å². The molecule has 0 aromatic heterocycles. The Bertz CT molecular complexity index is 708. The summed E-state index contributed by atoms with van der Waals surface area (Å²) in [6.45, 7) is 0. The van der Waals surface area contributed by atoms with E-state index in [-0.39, 0.29) is 23.7 Å². The smallest absolute Gasteiger partial charge is 0.258 e. The number of hydrogen-bond donors (Lipinski definition) is 0. The molecule has 0 spiro atoms. The second-order valence-electron chi connectivity index (χ2n) is 5.32. The molecule has 2 aromatic rings. The van der Waals surface area contributed by atoms with E-state index in [1.54, 1.807) is 4.90 Å². The van der Waals surface area contributed by atoms with Crippen molar-refractivity contribution in [2.24, 2.45) is 0 Å². The number of carbonyl (C=O) groups excluding carboxylic acids is 2. The summed E-state index contributed by atoms with van der Waals surface area (Å²) in [5.41, 5.74) is 2.56. The molecule has 2 aromatic carbocycles. The fourth-order valence-corrected chi connectivity index (χ4v) is 3.25. The van der Waals surface area contributed by atoms with Crippen LogP contribution in [0.25, 0.3) is 0 Å². The summed E-state index contributed by atoms with van der Waals surface area (Å²) < 4.78 is 0. The van der Waals surface area contributed by atoms with E-state index in [4.69, 9.17) is 0 Å². The molecule has 1 fully saturated rings. The maximum Gasteiger partial charge on any atom is 0.258 e. The van der Waals surface area contributed by atoms with E-state index in [2.05, 4.69) is 0 Å². The third kappa shape index (κ3) is 1.40. The highest BCUT2D eigenvalue weighted by Gasteiger charge is 2.52. The molecule has 0 saturated heterocycles. The lowest BCUT2D eigenvalue weighted by Crippen LogP contribution is -2.49. The SMILES string of the molecule is O=C1C[C@H]2[C@@H]1c1ccccc1N2C(=O)c1ccccc1. The van der Waals surface area contributed by atoms with Gasteiger partial charge in [-0.05, 0) is 23.8 Å². The lowest BCUT2D eigenvalue weighted by molar-refractivity contribution is -0.126. The number of Topliss-reactive ketones (excluding diaryl/α,β-unsaturated/α-hetero) is 1. The highest BCUT2D eigenvalue weighted by atomic mass is 16.2. The molecule has 0 radical (unpaired) electrons. The molecule has 1 amide bonds. The molecular weight excluding hydrogens is 250 g/mol. The van der Waals surface area contributed by atoms with Crippen molar-refractivity contribution in [2.75, 3.05) is 4.90 Å². The fourth-order valence-electron chi connectivity index (χ4n) is 3.25. The van der Waals surface area contributed by atoms with Gasteiger partial charge in [-0.15, -0.1) is 0 Å². The van der Waals surface area contributed by atoms with Crippen molar-refractivity contribution in [1.29, 1.82) is 0 Å². The number of benzene rings is 2. The molecule has 4 rings (SSSR count). The molecule has 98 valence electrons. The summed E-state index contributed by atoms with van der Waals surface area (Å²) in [5, 5.41) is 0. The standard InChI is InChI=1S/C17H13NO2/c19-15-10-14-16(15)12-8-4-5-9-13(12)18(14)17(20)11-6-2-1-3-7-11/h1-9,14,16H,10H2/t14-,16-/m0/s1. The summed E-state index contributed by atoms with van der Waals surface area (Å²) in [5.74, 6) is 0.114. The Morgan fingerprint density at radius 3 is 2.45 bits per heavy atom. The molecule has 0 N–H and O–H groups in total. The number of anilines is 1. The average molecular weight is 263 g/mol. The normalized spacial score (nSPS) is 23.0. The maximum atomic E-state index is 12.7. The van der Waals surface area contributed by atoms with Crippen LogP contribution in [0.1, 0.15) is 28.3 Å². The number of fused-ring (bicyclic) bond motifs is 3. The van der Waals surface area contributed by atoms with Crippen molar-refractivity contribution in [3.8, 4) is 0 Å². The molecule has 0 unspecified atom stereocenters. The van der Waals surface area contributed by atoms with E-state index in [9.17, 15) is 9.59 Å². The van der Waals surface area contributed by atoms with Crippen molar-refractivity contribution >= 4 is 17.4 Å². The Morgan fingerprint density at radius 2 is 1.70 bits per heavy atom. The second-order valence-corrected chi connectivity index (χ2v) is 5.32. The molecule has 1 saturated carbocycles. The Labute approximate surface area is 116 Å². The minimum Gasteiger partial charge on any atom is -0.303 e. The van der Waals surface area contributed by atoms with Crippen molar-refractivity contribution in [3.63, 3.8) is 0 Å². The number of hydrogen-bond acceptors (Lipinski definition) is 2. The van der Waals surface area contributed by atoms with Gasteiger partial charge >= 0.3 is 0 Å². The van der Waals surface area contributed by atoms with Gasteiger partial charge in [0.15, 0.2) is 0 Å². The highest BCUT2D eigenvalue weighted by molar-refractivity contribution is 6.12. The van der Waals surface area contributed by atoms with Crippen molar-refractivity contribution < 1.29 is 9.59 Å². The van der Waals surface area contributed by atoms with Gasteiger partial charge in [-0.2, -0.15) is 0 Å². The zero-order chi connectivity index (χ0) is 13.7. The first-order chi connectivity index (χ1) is 9.77. The number of rotatable bonds is 1. The summed E-state index contributed by atoms with van der Waals surface area (Å²) in [7, 11) is 0. The number of nitrogens with zero attached hydrogens (tertiary/aromatic N) is 1. The van der Waals surface area contributed by atoms with Gasteiger partial charge in [-0.1, -0.05) is 36.4 Å². The van der Waals surface area contributed by atoms with Crippen molar-refractivity contribution in [2.45, 2.75) is 18.4 Å². The minimum absolute atomic E-state index is 0.00704. The second kappa shape index (κ2) is 4.04. The van der Waals surface area contributed by atoms with Crippen LogP contribution in [0, 0.1) is 0 Å². The molecular formula is C17H13NO2. The predicted molar refractivity (Wildman–Crippen MR) is 75.8 cm³/mol. The van der Waals surface area contributed by atoms with Gasteiger partial charge in [0, 0.05) is 17.7 Å². The predicted octanol–water partition coefficient (Wildman–Crippen LogP) is 2.77. The molecule has 3 heteroatoms. The molecule has 0 bridgehead atoms. The quantitative estimate of drug-likeness (QED) is 0.793. The van der Waals surface area contributed by atoms with Crippen LogP contribution in [0.15, 0.2) is 54.6 Å². The van der Waals surface area contributed by atoms with Gasteiger partial charge in [0.05, 0.1) is 12.0 Å². The maximum absolute atomic E-state index is 12.7. The molecule has 2 aliphatic rings. The Hall–Kier alpha value is -2.42. The Kier molecular flexibility index (Phi) is 2.30. The van der Waals surface area contributed by atoms with Gasteiger partial charge in [0.1, 0.15) is 5.78 Å². The molecule has 20 heavy (non-hydrogen) atoms. The van der Waals surface area contributed by atoms with Crippen LogP contribution in [0.4, 0.5) is 5.69 Å². The van der Waals surface area contributed by atoms with E-state index >= 15 is 0 Å². The molecule has 1 heterocycles. The highest BCUT2D eigenvalue weighted by Crippen LogP contribution is 2.49. The Balaban J connectivity index is 1.80. The molecule has 1 aliphatic heterocycles. The van der Waals surface area contributed by atoms with Crippen LogP contribution in [-0.4, -0.2) is 17.7 Å². The Morgan fingerprint density at radius 1 is 1.00 bits per heavy atom. The fraction of sp³-hybridized carbons (Fsp3) is 0.176. The molecule has 2 atom stereocenters. The number of carbonyl (C=O) groups is 2. The first-order valence-corrected chi connectivity index (χ1v) is 6.77. The molecule has 1 aliphatic carbocycles. The van der Waals surface area contributed by atoms with E-state index in [0.29, 0.717) is 12.0 Å². The van der Waals surface area contributed by atoms with Crippen LogP contribution >= 0.6 is 0 Å². The van der Waals surface area contributed by atoms with Crippen LogP contribution in [0.2, 0.25) is 0 Å². The topological polar surface area (TPSA) is 37.4 Å². The van der Waals surface area contributed by atoms with E-state index in [0.717, 1.165) is 11.3 Å². The van der Waals surface area contributed by atoms with Crippen molar-refractivity contribution in [1.82, 2.24) is 0 Å². The zero-order valence-corrected chi connectivity index (χ0v) is 10.8. The van der Waals surface area contributed by atoms with E-state index < -0.39 is 0 Å². The van der Waals surface area contributed by atoms with Gasteiger partial charge < -0.3 is 4.90 Å². The largest absolute Gasteiger partial charge is 0.303 e. The van der Waals surface area contributed by atoms with Gasteiger partial charge in [0.25, 0.3) is 5.91 Å². The number of amides is 1. The van der Waals surface area contributed by atoms with Crippen LogP contribution in [0.5, 0.6) is 0 Å². The zero-order valence-electron chi connectivity index (χ0n) is 10.8. The van der Waals surface area contributed by atoms with E-state index in [1.165, 1.54) is 0 Å². The van der Waals surface area contributed by atoms with Gasteiger partial charge in [0.2, 0.25) is 0 Å². The summed E-state index contributed by atoms with van der Waals surface area (Å²) >= 11 is 0. The first-order valence-electron chi connectivity index (χ1n) is 6.77. The van der Waals surface area contributed by atoms with Crippen molar-refractivity contribution in [3.05, 3.63) is 65.7 Å². The molecule has 3 nitrogen and oxygen atoms in total. The van der Waals surface area contributed by atoms with Crippen LogP contribution < -0.4 is 4.90 Å². The van der Waals surface area contributed by atoms with Crippen LogP contribution in [-0.2, 0) is 4.79 Å². The van der Waals surface area contributed by atoms with Gasteiger partial charge in [-0.3, -0.25) is 9.59 Å². The summed E-state index contributed by atoms with van der Waals surface area (Å²) in [6.07, 6.45) is 0.470. The third-order valence-corrected chi connectivity index (χ3v) is 4.24. The minimum atomic E-state index is -0.112. The first kappa shape index (κ1) is 11.4. The average Bonchev–Trinajstić information content (AvgIpc) is 2.75. The van der Waals surface area contributed by atoms with Gasteiger partial charge in [-0.25, -0.2) is 0 Å². The summed E-state index contributed by atoms with van der Waals surface area (Å²) in [4.78, 5) is 26.4. The summed E-state index contributed by atoms with van der Waals surface area (Å²) in [6, 6.07) is 17.0. The third-order valence-electron chi connectivity index (χ3n) is 4.24. The van der Waals surface area contributed by atoms with Crippen LogP contribution in [0.3, 0.4) is 0 Å². The number of ketones is 1. The lowest BCUT2D eigenvalue weighted by Gasteiger charge is -2.34. The monoisotopic (exact) mass is 263 g/mol. The number of para-hydroxylation sites is 1.